The van der Waals surface area contributed by atoms with Crippen molar-refractivity contribution in [3.8, 4) is 0 Å². The van der Waals surface area contributed by atoms with Crippen LogP contribution in [0.4, 0.5) is 0 Å². The minimum atomic E-state index is -0.910. The van der Waals surface area contributed by atoms with Crippen LogP contribution in [0.25, 0.3) is 0 Å². The Balaban J connectivity index is 0. The molecule has 0 fully saturated rings. The van der Waals surface area contributed by atoms with E-state index in [-0.39, 0.29) is 41.9 Å². The third kappa shape index (κ3) is 18.6. The van der Waals surface area contributed by atoms with Crippen LogP contribution in [0.2, 0.25) is 0 Å². The van der Waals surface area contributed by atoms with Crippen molar-refractivity contribution in [2.45, 2.75) is 98.8 Å². The number of carbonyl (C=O) groups excluding carboxylic acids is 1. The van der Waals surface area contributed by atoms with Crippen molar-refractivity contribution >= 4 is 5.97 Å². The predicted octanol–water partition coefficient (Wildman–Crippen LogP) is 2.21. The summed E-state index contributed by atoms with van der Waals surface area (Å²) in [6.07, 6.45) is 11.8. The van der Waals surface area contributed by atoms with Crippen LogP contribution in [-0.4, -0.2) is 5.97 Å². The van der Waals surface area contributed by atoms with Gasteiger partial charge in [-0.3, -0.25) is 0 Å². The van der Waals surface area contributed by atoms with Gasteiger partial charge in [-0.2, -0.15) is 0 Å². The predicted molar refractivity (Wildman–Crippen MR) is 93.5 cm³/mol. The number of carbonyl (C=O) groups is 1. The van der Waals surface area contributed by atoms with E-state index < -0.39 is 5.97 Å². The summed E-state index contributed by atoms with van der Waals surface area (Å²) < 4.78 is 0. The molecule has 0 saturated carbocycles. The van der Waals surface area contributed by atoms with Crippen LogP contribution in [0.1, 0.15) is 98.8 Å². The molecule has 0 aromatic heterocycles. The first-order valence-electron chi connectivity index (χ1n) is 9.51. The molecule has 1 unspecified atom stereocenters. The smallest absolute Gasteiger partial charge is 0.550 e. The summed E-state index contributed by atoms with van der Waals surface area (Å²) in [5.41, 5.74) is 0. The molecule has 23 heavy (non-hydrogen) atoms. The van der Waals surface area contributed by atoms with Crippen molar-refractivity contribution in [1.82, 2.24) is 0 Å². The van der Waals surface area contributed by atoms with E-state index in [2.05, 4.69) is 27.7 Å². The zero-order valence-electron chi connectivity index (χ0n) is 16.7. The monoisotopic (exact) mass is 334 g/mol. The Morgan fingerprint density at radius 2 is 1.04 bits per heavy atom. The molecule has 0 aliphatic heterocycles. The van der Waals surface area contributed by atoms with E-state index in [9.17, 15) is 9.90 Å². The van der Waals surface area contributed by atoms with Crippen LogP contribution >= 0.6 is 0 Å². The number of hydrogen-bond acceptors (Lipinski definition) is 2. The Morgan fingerprint density at radius 1 is 0.696 bits per heavy atom. The van der Waals surface area contributed by atoms with E-state index in [4.69, 9.17) is 0 Å². The fourth-order valence-corrected chi connectivity index (χ4v) is 3.18. The summed E-state index contributed by atoms with van der Waals surface area (Å²) in [6, 6.07) is 0. The molecule has 0 spiro atoms. The Kier molecular flexibility index (Phi) is 17.8. The Bertz CT molecular complexity index is 279. The third-order valence-electron chi connectivity index (χ3n) is 4.78. The van der Waals surface area contributed by atoms with Crippen LogP contribution in [0.3, 0.4) is 0 Å². The Morgan fingerprint density at radius 3 is 1.39 bits per heavy atom. The third-order valence-corrected chi connectivity index (χ3v) is 4.78. The van der Waals surface area contributed by atoms with Crippen LogP contribution in [0.15, 0.2) is 0 Å². The SMILES string of the molecule is CC(C)CCC[C@H](C)CCC[C@H](C)CCCC(C)CC(=O)[O-].[Na+]. The van der Waals surface area contributed by atoms with Gasteiger partial charge in [0.05, 0.1) is 0 Å². The molecule has 132 valence electrons. The molecule has 2 nitrogen and oxygen atoms in total. The van der Waals surface area contributed by atoms with E-state index in [1.54, 1.807) is 0 Å². The van der Waals surface area contributed by atoms with Gasteiger partial charge in [0.15, 0.2) is 0 Å². The molecule has 0 aromatic rings. The van der Waals surface area contributed by atoms with Crippen molar-refractivity contribution in [2.75, 3.05) is 0 Å². The molecule has 0 aliphatic carbocycles. The fourth-order valence-electron chi connectivity index (χ4n) is 3.18. The van der Waals surface area contributed by atoms with Crippen molar-refractivity contribution in [3.05, 3.63) is 0 Å². The molecule has 0 aromatic carbocycles. The molecular weight excluding hydrogens is 295 g/mol. The fraction of sp³-hybridized carbons (Fsp3) is 0.950. The van der Waals surface area contributed by atoms with Gasteiger partial charge in [0.1, 0.15) is 0 Å². The van der Waals surface area contributed by atoms with Gasteiger partial charge in [-0.1, -0.05) is 92.4 Å². The summed E-state index contributed by atoms with van der Waals surface area (Å²) in [4.78, 5) is 10.5. The van der Waals surface area contributed by atoms with Crippen LogP contribution < -0.4 is 34.7 Å². The average Bonchev–Trinajstić information content (AvgIpc) is 2.37. The molecule has 0 amide bonds. The van der Waals surface area contributed by atoms with Crippen molar-refractivity contribution in [1.29, 1.82) is 0 Å². The first-order valence-corrected chi connectivity index (χ1v) is 9.51. The van der Waals surface area contributed by atoms with Gasteiger partial charge in [0.2, 0.25) is 0 Å². The summed E-state index contributed by atoms with van der Waals surface area (Å²) in [5.74, 6) is 1.84. The molecule has 0 bridgehead atoms. The quantitative estimate of drug-likeness (QED) is 0.457. The molecule has 0 heterocycles. The van der Waals surface area contributed by atoms with Crippen molar-refractivity contribution in [2.24, 2.45) is 23.7 Å². The largest absolute Gasteiger partial charge is 1.00 e. The molecule has 0 radical (unpaired) electrons. The normalized spacial score (nSPS) is 15.0. The average molecular weight is 335 g/mol. The van der Waals surface area contributed by atoms with E-state index in [0.29, 0.717) is 0 Å². The van der Waals surface area contributed by atoms with Crippen molar-refractivity contribution in [3.63, 3.8) is 0 Å². The van der Waals surface area contributed by atoms with Gasteiger partial charge < -0.3 is 9.90 Å². The maximum atomic E-state index is 10.5. The first kappa shape index (κ1) is 25.7. The number of aliphatic carboxylic acids is 1. The van der Waals surface area contributed by atoms with Gasteiger partial charge in [-0.15, -0.1) is 0 Å². The maximum Gasteiger partial charge on any atom is 1.00 e. The van der Waals surface area contributed by atoms with Gasteiger partial charge in [0.25, 0.3) is 0 Å². The number of carboxylic acids is 1. The zero-order chi connectivity index (χ0) is 17.0. The van der Waals surface area contributed by atoms with Crippen LogP contribution in [0, 0.1) is 23.7 Å². The summed E-state index contributed by atoms with van der Waals surface area (Å²) in [5, 5.41) is 10.5. The van der Waals surface area contributed by atoms with Gasteiger partial charge in [0, 0.05) is 5.97 Å². The maximum absolute atomic E-state index is 10.5. The number of rotatable bonds is 14. The van der Waals surface area contributed by atoms with E-state index in [1.165, 1.54) is 44.9 Å². The van der Waals surface area contributed by atoms with Gasteiger partial charge in [-0.05, 0) is 30.1 Å². The van der Waals surface area contributed by atoms with E-state index >= 15 is 0 Å². The summed E-state index contributed by atoms with van der Waals surface area (Å²) in [6.45, 7) is 11.4. The van der Waals surface area contributed by atoms with E-state index in [0.717, 1.165) is 30.6 Å². The molecule has 0 rings (SSSR count). The Hall–Kier alpha value is 0.470. The van der Waals surface area contributed by atoms with Gasteiger partial charge >= 0.3 is 29.6 Å². The van der Waals surface area contributed by atoms with E-state index in [1.807, 2.05) is 6.92 Å². The molecule has 3 atom stereocenters. The van der Waals surface area contributed by atoms with Crippen LogP contribution in [0.5, 0.6) is 0 Å². The second kappa shape index (κ2) is 16.0. The minimum Gasteiger partial charge on any atom is -0.550 e. The van der Waals surface area contributed by atoms with Crippen LogP contribution in [-0.2, 0) is 4.79 Å². The Labute approximate surface area is 167 Å². The molecular formula is C20H39NaO2. The molecule has 0 aliphatic rings. The van der Waals surface area contributed by atoms with Crippen molar-refractivity contribution < 1.29 is 39.5 Å². The molecule has 0 saturated heterocycles. The first-order chi connectivity index (χ1) is 10.3. The standard InChI is InChI=1S/C20H40O2.Na/c1-16(2)9-6-10-17(3)11-7-12-18(4)13-8-14-19(5)15-20(21)22;/h16-19H,6-15H2,1-5H3,(H,21,22);/q;+1/p-1/t17-,18-,19?;/m0./s1. The second-order valence-corrected chi connectivity index (χ2v) is 8.08. The molecule has 0 N–H and O–H groups in total. The minimum absolute atomic E-state index is 0. The number of carboxylic acid groups (broad SMARTS) is 1. The molecule has 3 heteroatoms. The summed E-state index contributed by atoms with van der Waals surface area (Å²) >= 11 is 0. The van der Waals surface area contributed by atoms with Gasteiger partial charge in [-0.25, -0.2) is 0 Å². The number of hydrogen-bond donors (Lipinski definition) is 0. The summed E-state index contributed by atoms with van der Waals surface area (Å²) in [7, 11) is 0. The zero-order valence-corrected chi connectivity index (χ0v) is 18.7. The second-order valence-electron chi connectivity index (χ2n) is 8.08. The topological polar surface area (TPSA) is 40.1 Å².